The number of imidazole rings is 1. The average Bonchev–Trinajstić information content (AvgIpc) is 3.07. The Morgan fingerprint density at radius 1 is 1.18 bits per heavy atom. The number of rotatable bonds is 10. The molecule has 1 N–H and O–H groups in total. The molecule has 0 spiro atoms. The number of carbonyl (C=O) groups is 1. The van der Waals surface area contributed by atoms with Crippen LogP contribution >= 0.6 is 0 Å². The van der Waals surface area contributed by atoms with Gasteiger partial charge < -0.3 is 22.5 Å². The van der Waals surface area contributed by atoms with Gasteiger partial charge in [0.05, 0.1) is 12.2 Å². The lowest BCUT2D eigenvalue weighted by Crippen LogP contribution is -3.00. The summed E-state index contributed by atoms with van der Waals surface area (Å²) in [5, 5.41) is 2.94. The van der Waals surface area contributed by atoms with E-state index in [4.69, 9.17) is 4.74 Å². The Labute approximate surface area is 172 Å². The molecule has 3 aromatic rings. The second-order valence-corrected chi connectivity index (χ2v) is 6.55. The molecule has 0 saturated carbocycles. The summed E-state index contributed by atoms with van der Waals surface area (Å²) in [7, 11) is 0. The minimum atomic E-state index is -0.139. The molecule has 2 heterocycles. The Balaban J connectivity index is 0.00000280. The van der Waals surface area contributed by atoms with Gasteiger partial charge in [-0.05, 0) is 30.7 Å². The van der Waals surface area contributed by atoms with Crippen molar-refractivity contribution in [1.29, 1.82) is 0 Å². The number of nitrogens with zero attached hydrogens (tertiary/aromatic N) is 3. The molecule has 3 rings (SSSR count). The van der Waals surface area contributed by atoms with Crippen LogP contribution in [-0.4, -0.2) is 22.1 Å². The molecular weight excluding hydrogens is 376 g/mol. The Bertz CT molecular complexity index is 867. The van der Waals surface area contributed by atoms with Crippen LogP contribution in [0.2, 0.25) is 0 Å². The number of nitrogens with one attached hydrogen (secondary N) is 1. The first-order chi connectivity index (χ1) is 13.3. The third kappa shape index (κ3) is 5.78. The van der Waals surface area contributed by atoms with Gasteiger partial charge in [0.2, 0.25) is 6.33 Å². The molecule has 6 nitrogen and oxygen atoms in total. The van der Waals surface area contributed by atoms with Crippen molar-refractivity contribution in [3.8, 4) is 0 Å². The van der Waals surface area contributed by atoms with E-state index in [1.54, 1.807) is 24.5 Å². The summed E-state index contributed by atoms with van der Waals surface area (Å²) in [5.41, 5.74) is 2.69. The molecule has 150 valence electrons. The van der Waals surface area contributed by atoms with Gasteiger partial charge in [-0.3, -0.25) is 9.78 Å². The van der Waals surface area contributed by atoms with Crippen molar-refractivity contribution >= 4 is 16.9 Å². The van der Waals surface area contributed by atoms with Crippen molar-refractivity contribution in [2.24, 2.45) is 0 Å². The first-order valence-electron chi connectivity index (χ1n) is 9.53. The van der Waals surface area contributed by atoms with Gasteiger partial charge in [0.25, 0.3) is 5.91 Å². The molecule has 0 aliphatic carbocycles. The highest BCUT2D eigenvalue weighted by Crippen LogP contribution is 2.11. The molecule has 0 radical (unpaired) electrons. The van der Waals surface area contributed by atoms with E-state index in [1.807, 2.05) is 29.1 Å². The largest absolute Gasteiger partial charge is 1.00 e. The molecule has 0 fully saturated rings. The van der Waals surface area contributed by atoms with Gasteiger partial charge in [-0.2, -0.15) is 0 Å². The molecule has 1 amide bonds. The zero-order valence-electron chi connectivity index (χ0n) is 16.2. The molecule has 0 bridgehead atoms. The number of pyridine rings is 1. The number of hydrogen-bond donors (Lipinski definition) is 1. The highest BCUT2D eigenvalue weighted by Gasteiger charge is 2.16. The molecule has 2 aromatic heterocycles. The molecule has 7 heteroatoms. The molecular formula is C21H27ClN4O2. The summed E-state index contributed by atoms with van der Waals surface area (Å²) in [6, 6.07) is 11.6. The van der Waals surface area contributed by atoms with Crippen LogP contribution in [0.15, 0.2) is 55.1 Å². The van der Waals surface area contributed by atoms with Crippen molar-refractivity contribution in [1.82, 2.24) is 14.9 Å². The minimum absolute atomic E-state index is 0. The fraction of sp³-hybridized carbons (Fsp3) is 0.381. The number of para-hydroxylation sites is 2. The molecule has 28 heavy (non-hydrogen) atoms. The maximum atomic E-state index is 12.3. The number of halogens is 1. The van der Waals surface area contributed by atoms with E-state index in [2.05, 4.69) is 27.9 Å². The maximum Gasteiger partial charge on any atom is 0.255 e. The normalized spacial score (nSPS) is 10.6. The quantitative estimate of drug-likeness (QED) is 0.391. The van der Waals surface area contributed by atoms with E-state index >= 15 is 0 Å². The van der Waals surface area contributed by atoms with E-state index in [0.717, 1.165) is 24.1 Å². The number of amides is 1. The van der Waals surface area contributed by atoms with Gasteiger partial charge in [-0.15, -0.1) is 0 Å². The van der Waals surface area contributed by atoms with Gasteiger partial charge in [0, 0.05) is 12.4 Å². The Kier molecular flexibility index (Phi) is 8.91. The van der Waals surface area contributed by atoms with E-state index in [-0.39, 0.29) is 18.3 Å². The van der Waals surface area contributed by atoms with Crippen LogP contribution in [-0.2, 0) is 18.1 Å². The van der Waals surface area contributed by atoms with Crippen LogP contribution in [0.1, 0.15) is 43.0 Å². The first kappa shape index (κ1) is 21.9. The maximum absolute atomic E-state index is 12.3. The van der Waals surface area contributed by atoms with Gasteiger partial charge in [0.1, 0.15) is 0 Å². The molecule has 0 aliphatic heterocycles. The molecule has 0 atom stereocenters. The monoisotopic (exact) mass is 402 g/mol. The summed E-state index contributed by atoms with van der Waals surface area (Å²) in [6.07, 6.45) is 9.99. The van der Waals surface area contributed by atoms with Gasteiger partial charge in [0.15, 0.2) is 24.4 Å². The van der Waals surface area contributed by atoms with Crippen LogP contribution in [0.25, 0.3) is 11.0 Å². The predicted octanol–water partition coefficient (Wildman–Crippen LogP) is 0.270. The Morgan fingerprint density at radius 3 is 2.82 bits per heavy atom. The number of hydrogen-bond acceptors (Lipinski definition) is 3. The Hall–Kier alpha value is -2.44. The van der Waals surface area contributed by atoms with Crippen LogP contribution in [0.5, 0.6) is 0 Å². The number of aromatic nitrogens is 3. The fourth-order valence-electron chi connectivity index (χ4n) is 3.02. The second kappa shape index (κ2) is 11.4. The summed E-state index contributed by atoms with van der Waals surface area (Å²) in [5.74, 6) is -0.139. The summed E-state index contributed by atoms with van der Waals surface area (Å²) in [4.78, 5) is 16.2. The van der Waals surface area contributed by atoms with Crippen LogP contribution in [0.3, 0.4) is 0 Å². The summed E-state index contributed by atoms with van der Waals surface area (Å²) < 4.78 is 9.93. The number of unbranched alkanes of at least 4 members (excludes halogenated alkanes) is 3. The fourth-order valence-corrected chi connectivity index (χ4v) is 3.02. The molecule has 0 unspecified atom stereocenters. The summed E-state index contributed by atoms with van der Waals surface area (Å²) >= 11 is 0. The average molecular weight is 403 g/mol. The van der Waals surface area contributed by atoms with Gasteiger partial charge in [-0.25, -0.2) is 9.13 Å². The Morgan fingerprint density at radius 2 is 2.04 bits per heavy atom. The summed E-state index contributed by atoms with van der Waals surface area (Å²) in [6.45, 7) is 3.87. The van der Waals surface area contributed by atoms with Crippen LogP contribution in [0.4, 0.5) is 0 Å². The lowest BCUT2D eigenvalue weighted by atomic mass is 10.2. The second-order valence-electron chi connectivity index (χ2n) is 6.55. The van der Waals surface area contributed by atoms with E-state index in [0.29, 0.717) is 19.0 Å². The zero-order valence-corrected chi connectivity index (χ0v) is 16.9. The zero-order chi connectivity index (χ0) is 18.9. The predicted molar refractivity (Wildman–Crippen MR) is 104 cm³/mol. The topological polar surface area (TPSA) is 60.0 Å². The smallest absolute Gasteiger partial charge is 0.255 e. The van der Waals surface area contributed by atoms with Crippen molar-refractivity contribution in [3.63, 3.8) is 0 Å². The standard InChI is InChI=1S/C21H26N4O2.ClH/c1-2-3-4-7-13-27-17-25-16-24(19-10-5-6-11-20(19)25)15-23-21(26)18-9-8-12-22-14-18;/h5-6,8-12,14,16H,2-4,7,13,15,17H2,1H3;1H. The van der Waals surface area contributed by atoms with Gasteiger partial charge >= 0.3 is 0 Å². The lowest BCUT2D eigenvalue weighted by Gasteiger charge is -2.03. The molecule has 0 saturated heterocycles. The van der Waals surface area contributed by atoms with E-state index in [1.165, 1.54) is 19.3 Å². The van der Waals surface area contributed by atoms with E-state index < -0.39 is 0 Å². The highest BCUT2D eigenvalue weighted by molar-refractivity contribution is 5.93. The SMILES string of the molecule is CCCCCCOCn1c[n+](CNC(=O)c2cccnc2)c2ccccc21.[Cl-]. The first-order valence-corrected chi connectivity index (χ1v) is 9.53. The van der Waals surface area contributed by atoms with E-state index in [9.17, 15) is 4.79 Å². The third-order valence-corrected chi connectivity index (χ3v) is 4.49. The number of ether oxygens (including phenoxy) is 1. The molecule has 0 aliphatic rings. The van der Waals surface area contributed by atoms with Crippen LogP contribution < -0.4 is 22.3 Å². The van der Waals surface area contributed by atoms with Gasteiger partial charge in [-0.1, -0.05) is 38.3 Å². The van der Waals surface area contributed by atoms with Crippen molar-refractivity contribution in [3.05, 3.63) is 60.7 Å². The van der Waals surface area contributed by atoms with Crippen molar-refractivity contribution < 1.29 is 26.5 Å². The highest BCUT2D eigenvalue weighted by atomic mass is 35.5. The number of fused-ring (bicyclic) bond motifs is 1. The minimum Gasteiger partial charge on any atom is -1.00 e. The third-order valence-electron chi connectivity index (χ3n) is 4.49. The lowest BCUT2D eigenvalue weighted by molar-refractivity contribution is -0.675. The van der Waals surface area contributed by atoms with Crippen LogP contribution in [0, 0.1) is 0 Å². The van der Waals surface area contributed by atoms with Crippen molar-refractivity contribution in [2.75, 3.05) is 6.61 Å². The van der Waals surface area contributed by atoms with Crippen molar-refractivity contribution in [2.45, 2.75) is 46.0 Å². The molecule has 1 aromatic carbocycles. The number of carbonyl (C=O) groups excluding carboxylic acids is 1. The number of benzene rings is 1.